The van der Waals surface area contributed by atoms with Crippen molar-refractivity contribution in [2.75, 3.05) is 6.61 Å². The lowest BCUT2D eigenvalue weighted by molar-refractivity contribution is -0.138. The second-order valence-corrected chi connectivity index (χ2v) is 6.44. The second-order valence-electron chi connectivity index (χ2n) is 5.37. The molecule has 1 aromatic carbocycles. The van der Waals surface area contributed by atoms with Gasteiger partial charge in [-0.3, -0.25) is 0 Å². The molecule has 1 heterocycles. The Balaban J connectivity index is 1.95. The van der Waals surface area contributed by atoms with E-state index in [1.165, 1.54) is 6.08 Å². The first-order chi connectivity index (χ1) is 12.1. The van der Waals surface area contributed by atoms with Crippen LogP contribution >= 0.6 is 11.3 Å². The highest BCUT2D eigenvalue weighted by Gasteiger charge is 2.10. The molecule has 0 saturated carbocycles. The number of nitrogens with zero attached hydrogens (tertiary/aromatic N) is 2. The van der Waals surface area contributed by atoms with Gasteiger partial charge in [-0.15, -0.1) is 11.3 Å². The molecule has 5 nitrogen and oxygen atoms in total. The van der Waals surface area contributed by atoms with E-state index >= 15 is 0 Å². The lowest BCUT2D eigenvalue weighted by atomic mass is 10.1. The summed E-state index contributed by atoms with van der Waals surface area (Å²) in [5.74, 6) is 0.113. The number of unbranched alkanes of at least 4 members (excludes halogenated alkanes) is 1. The number of ether oxygens (including phenoxy) is 2. The number of carbonyl (C=O) groups excluding carboxylic acids is 1. The first-order valence-electron chi connectivity index (χ1n) is 8.05. The molecule has 0 N–H and O–H groups in total. The molecule has 0 bridgehead atoms. The van der Waals surface area contributed by atoms with Crippen LogP contribution in [-0.2, 0) is 16.1 Å². The minimum atomic E-state index is -0.588. The molecule has 0 spiro atoms. The van der Waals surface area contributed by atoms with Gasteiger partial charge in [-0.05, 0) is 37.1 Å². The number of carbonyl (C=O) groups is 1. The van der Waals surface area contributed by atoms with E-state index in [9.17, 15) is 4.79 Å². The van der Waals surface area contributed by atoms with E-state index in [2.05, 4.69) is 4.98 Å². The van der Waals surface area contributed by atoms with E-state index in [4.69, 9.17) is 14.7 Å². The standard InChI is InChI=1S/C19H20N2O3S/c1-3-4-9-23-19(22)16(11-20)10-15-5-7-18(8-6-15)24-12-17-13-25-14(2)21-17/h5-8,10,13H,3-4,9,12H2,1-2H3/b16-10+. The monoisotopic (exact) mass is 356 g/mol. The summed E-state index contributed by atoms with van der Waals surface area (Å²) in [4.78, 5) is 16.2. The summed E-state index contributed by atoms with van der Waals surface area (Å²) < 4.78 is 10.7. The Morgan fingerprint density at radius 2 is 2.12 bits per heavy atom. The van der Waals surface area contributed by atoms with Crippen molar-refractivity contribution in [3.63, 3.8) is 0 Å². The minimum absolute atomic E-state index is 0.0114. The quantitative estimate of drug-likeness (QED) is 0.305. The van der Waals surface area contributed by atoms with Crippen LogP contribution in [0.2, 0.25) is 0 Å². The van der Waals surface area contributed by atoms with Crippen molar-refractivity contribution in [2.45, 2.75) is 33.3 Å². The van der Waals surface area contributed by atoms with Crippen molar-refractivity contribution in [3.05, 3.63) is 51.5 Å². The zero-order valence-corrected chi connectivity index (χ0v) is 15.1. The van der Waals surface area contributed by atoms with Crippen LogP contribution in [0.3, 0.4) is 0 Å². The summed E-state index contributed by atoms with van der Waals surface area (Å²) in [5, 5.41) is 12.1. The van der Waals surface area contributed by atoms with Crippen LogP contribution < -0.4 is 4.74 Å². The van der Waals surface area contributed by atoms with Crippen molar-refractivity contribution in [2.24, 2.45) is 0 Å². The number of rotatable bonds is 8. The van der Waals surface area contributed by atoms with Crippen LogP contribution in [0.15, 0.2) is 35.2 Å². The lowest BCUT2D eigenvalue weighted by Crippen LogP contribution is -2.07. The Morgan fingerprint density at radius 3 is 2.72 bits per heavy atom. The zero-order valence-electron chi connectivity index (χ0n) is 14.3. The molecule has 0 aliphatic rings. The summed E-state index contributed by atoms with van der Waals surface area (Å²) >= 11 is 1.59. The van der Waals surface area contributed by atoms with Crippen molar-refractivity contribution in [1.29, 1.82) is 5.26 Å². The summed E-state index contributed by atoms with van der Waals surface area (Å²) in [7, 11) is 0. The molecule has 0 amide bonds. The molecule has 2 rings (SSSR count). The molecular weight excluding hydrogens is 336 g/mol. The van der Waals surface area contributed by atoms with Crippen molar-refractivity contribution in [1.82, 2.24) is 4.98 Å². The highest BCUT2D eigenvalue weighted by Crippen LogP contribution is 2.17. The van der Waals surface area contributed by atoms with E-state index in [0.29, 0.717) is 19.0 Å². The molecule has 0 saturated heterocycles. The van der Waals surface area contributed by atoms with Gasteiger partial charge in [-0.2, -0.15) is 5.26 Å². The first-order valence-corrected chi connectivity index (χ1v) is 8.93. The molecule has 0 aliphatic carbocycles. The Hall–Kier alpha value is -2.65. The van der Waals surface area contributed by atoms with Crippen LogP contribution in [0, 0.1) is 18.3 Å². The van der Waals surface area contributed by atoms with Crippen LogP contribution in [-0.4, -0.2) is 17.6 Å². The third kappa shape index (κ3) is 6.05. The molecule has 1 aromatic heterocycles. The number of aromatic nitrogens is 1. The zero-order chi connectivity index (χ0) is 18.1. The first kappa shape index (κ1) is 18.7. The predicted octanol–water partition coefficient (Wildman–Crippen LogP) is 4.28. The molecule has 6 heteroatoms. The topological polar surface area (TPSA) is 72.2 Å². The van der Waals surface area contributed by atoms with Crippen LogP contribution in [0.4, 0.5) is 0 Å². The van der Waals surface area contributed by atoms with Gasteiger partial charge in [0.25, 0.3) is 0 Å². The van der Waals surface area contributed by atoms with Gasteiger partial charge in [0.05, 0.1) is 17.3 Å². The fourth-order valence-corrected chi connectivity index (χ4v) is 2.58. The Morgan fingerprint density at radius 1 is 1.36 bits per heavy atom. The number of aryl methyl sites for hydroxylation is 1. The molecular formula is C19H20N2O3S. The largest absolute Gasteiger partial charge is 0.487 e. The number of thiazole rings is 1. The molecule has 0 unspecified atom stereocenters. The van der Waals surface area contributed by atoms with E-state index in [0.717, 1.165) is 29.1 Å². The maximum absolute atomic E-state index is 11.8. The van der Waals surface area contributed by atoms with Crippen LogP contribution in [0.5, 0.6) is 5.75 Å². The van der Waals surface area contributed by atoms with Gasteiger partial charge >= 0.3 is 5.97 Å². The fourth-order valence-electron chi connectivity index (χ4n) is 1.98. The average molecular weight is 356 g/mol. The summed E-state index contributed by atoms with van der Waals surface area (Å²) in [6.07, 6.45) is 3.23. The van der Waals surface area contributed by atoms with Gasteiger partial charge in [-0.25, -0.2) is 9.78 Å². The van der Waals surface area contributed by atoms with Gasteiger partial charge in [0.15, 0.2) is 0 Å². The molecule has 0 fully saturated rings. The van der Waals surface area contributed by atoms with Gasteiger partial charge in [0, 0.05) is 5.38 Å². The SMILES string of the molecule is CCCCOC(=O)/C(C#N)=C/c1ccc(OCc2csc(C)n2)cc1. The summed E-state index contributed by atoms with van der Waals surface area (Å²) in [5.41, 5.74) is 1.62. The van der Waals surface area contributed by atoms with Gasteiger partial charge in [0.2, 0.25) is 0 Å². The van der Waals surface area contributed by atoms with Crippen molar-refractivity contribution >= 4 is 23.4 Å². The Labute approximate surface area is 151 Å². The van der Waals surface area contributed by atoms with Gasteiger partial charge in [-0.1, -0.05) is 25.5 Å². The highest BCUT2D eigenvalue weighted by atomic mass is 32.1. The van der Waals surface area contributed by atoms with E-state index < -0.39 is 5.97 Å². The van der Waals surface area contributed by atoms with Crippen molar-refractivity contribution < 1.29 is 14.3 Å². The third-order valence-electron chi connectivity index (χ3n) is 3.32. The predicted molar refractivity (Wildman–Crippen MR) is 97.1 cm³/mol. The Kier molecular flexibility index (Phi) is 7.17. The normalized spacial score (nSPS) is 11.0. The minimum Gasteiger partial charge on any atom is -0.487 e. The smallest absolute Gasteiger partial charge is 0.348 e. The summed E-state index contributed by atoms with van der Waals surface area (Å²) in [6, 6.07) is 9.06. The molecule has 0 radical (unpaired) electrons. The lowest BCUT2D eigenvalue weighted by Gasteiger charge is -2.05. The highest BCUT2D eigenvalue weighted by molar-refractivity contribution is 7.09. The van der Waals surface area contributed by atoms with E-state index in [-0.39, 0.29) is 5.57 Å². The molecule has 0 atom stereocenters. The third-order valence-corrected chi connectivity index (χ3v) is 4.14. The fraction of sp³-hybridized carbons (Fsp3) is 0.316. The van der Waals surface area contributed by atoms with E-state index in [1.807, 2.05) is 25.3 Å². The second kappa shape index (κ2) is 9.60. The molecule has 2 aromatic rings. The van der Waals surface area contributed by atoms with E-state index in [1.54, 1.807) is 35.6 Å². The summed E-state index contributed by atoms with van der Waals surface area (Å²) in [6.45, 7) is 4.70. The molecule has 0 aliphatic heterocycles. The number of esters is 1. The Bertz CT molecular complexity index is 773. The number of hydrogen-bond acceptors (Lipinski definition) is 6. The number of nitriles is 1. The maximum atomic E-state index is 11.8. The van der Waals surface area contributed by atoms with Crippen molar-refractivity contribution in [3.8, 4) is 11.8 Å². The number of hydrogen-bond donors (Lipinski definition) is 0. The number of benzene rings is 1. The average Bonchev–Trinajstić information content (AvgIpc) is 3.04. The van der Waals surface area contributed by atoms with Crippen LogP contribution in [0.1, 0.15) is 36.0 Å². The van der Waals surface area contributed by atoms with Gasteiger partial charge in [0.1, 0.15) is 24.0 Å². The maximum Gasteiger partial charge on any atom is 0.348 e. The van der Waals surface area contributed by atoms with Gasteiger partial charge < -0.3 is 9.47 Å². The molecule has 130 valence electrons. The van der Waals surface area contributed by atoms with Crippen LogP contribution in [0.25, 0.3) is 6.08 Å². The molecule has 25 heavy (non-hydrogen) atoms.